The fourth-order valence-corrected chi connectivity index (χ4v) is 25.6. The summed E-state index contributed by atoms with van der Waals surface area (Å²) in [7, 11) is -10.2. The summed E-state index contributed by atoms with van der Waals surface area (Å²) in [5, 5.41) is 12.6. The summed E-state index contributed by atoms with van der Waals surface area (Å²) in [6, 6.07) is 121. The predicted octanol–water partition coefficient (Wildman–Crippen LogP) is 30.0. The molecule has 0 N–H and O–H groups in total. The van der Waals surface area contributed by atoms with Gasteiger partial charge in [-0.1, -0.05) is 206 Å². The number of aromatic nitrogens is 3. The molecular weight excluding hydrogens is 1730 g/mol. The fraction of sp³-hybridized carbons (Fsp3) is 0.0513. The van der Waals surface area contributed by atoms with Crippen LogP contribution >= 0.6 is 0 Å². The van der Waals surface area contributed by atoms with Gasteiger partial charge in [0.25, 0.3) is 0 Å². The van der Waals surface area contributed by atoms with E-state index in [0.29, 0.717) is 17.1 Å². The Bertz CT molecular complexity index is 9840. The molecule has 0 amide bonds. The van der Waals surface area contributed by atoms with Crippen LogP contribution in [0.4, 0.5) is 17.1 Å². The number of benzene rings is 18. The van der Waals surface area contributed by atoms with Crippen molar-refractivity contribution in [3.63, 3.8) is 0 Å². The maximum atomic E-state index is 13.5. The minimum absolute atomic E-state index is 0.00713. The lowest BCUT2D eigenvalue weighted by Gasteiger charge is -2.15. The van der Waals surface area contributed by atoms with Crippen LogP contribution in [0.2, 0.25) is 0 Å². The van der Waals surface area contributed by atoms with Gasteiger partial charge in [-0.3, -0.25) is 0 Å². The maximum absolute atomic E-state index is 13.5. The van der Waals surface area contributed by atoms with E-state index in [1.54, 1.807) is 0 Å². The van der Waals surface area contributed by atoms with Crippen molar-refractivity contribution < 1.29 is 38.5 Å². The summed E-state index contributed by atoms with van der Waals surface area (Å²) in [4.78, 5) is 10.9. The van der Waals surface area contributed by atoms with E-state index in [9.17, 15) is 25.3 Å². The van der Waals surface area contributed by atoms with Crippen LogP contribution in [0.1, 0.15) is 33.4 Å². The molecule has 0 spiro atoms. The Balaban J connectivity index is 0.000000108. The molecule has 0 saturated carbocycles. The van der Waals surface area contributed by atoms with Gasteiger partial charge in [0.05, 0.1) is 87.3 Å². The van der Waals surface area contributed by atoms with E-state index in [2.05, 4.69) is 174 Å². The third-order valence-corrected chi connectivity index (χ3v) is 31.5. The summed E-state index contributed by atoms with van der Waals surface area (Å²) in [6.07, 6.45) is 0. The van der Waals surface area contributed by atoms with Gasteiger partial charge >= 0.3 is 0 Å². The van der Waals surface area contributed by atoms with E-state index in [4.69, 9.17) is 33.0 Å². The summed E-state index contributed by atoms with van der Waals surface area (Å²) in [5.41, 5.74) is 31.9. The lowest BCUT2D eigenvalue weighted by molar-refractivity contribution is 0.593. The van der Waals surface area contributed by atoms with Crippen LogP contribution in [0.3, 0.4) is 0 Å². The Morgan fingerprint density at radius 3 is 0.978 bits per heavy atom. The van der Waals surface area contributed by atoms with Crippen molar-refractivity contribution in [3.8, 4) is 83.8 Å². The minimum atomic E-state index is -3.42. The molecule has 15 nitrogen and oxygen atoms in total. The third-order valence-electron chi connectivity index (χ3n) is 27.0. The van der Waals surface area contributed by atoms with E-state index in [-0.39, 0.29) is 34.5 Å². The van der Waals surface area contributed by atoms with Gasteiger partial charge < -0.3 is 27.0 Å². The lowest BCUT2D eigenvalue weighted by Crippen LogP contribution is -2.06. The third kappa shape index (κ3) is 13.6. The van der Waals surface area contributed by atoms with Crippen LogP contribution in [0.5, 0.6) is 0 Å². The Labute approximate surface area is 774 Å². The number of furan rings is 3. The predicted molar refractivity (Wildman–Crippen MR) is 545 cm³/mol. The second-order valence-corrected chi connectivity index (χ2v) is 41.3. The van der Waals surface area contributed by atoms with Crippen LogP contribution < -0.4 is 0 Å². The zero-order valence-electron chi connectivity index (χ0n) is 72.0. The summed E-state index contributed by atoms with van der Waals surface area (Å²) in [5.74, 6) is -0.144. The van der Waals surface area contributed by atoms with Crippen molar-refractivity contribution >= 4 is 178 Å². The molecule has 9 heterocycles. The number of para-hydroxylation sites is 6. The summed E-state index contributed by atoms with van der Waals surface area (Å²) in [6.45, 7) is 22.5. The highest BCUT2D eigenvalue weighted by atomic mass is 32.2. The van der Waals surface area contributed by atoms with Crippen LogP contribution in [-0.2, 0) is 64.0 Å². The first-order chi connectivity index (χ1) is 65.9. The van der Waals surface area contributed by atoms with Crippen molar-refractivity contribution in [2.45, 2.75) is 34.5 Å². The molecule has 24 aromatic rings. The van der Waals surface area contributed by atoms with Gasteiger partial charge in [-0.05, 0) is 274 Å². The SMILES string of the molecule is [C-]#[N+]c1ccc2c(c1)c1ccccc1n2-c1ccc2c(c1)CS(=O)(=O)Cc1ccc(-c3ccc4c(c3)oc3ccccc34)cc1-2.[C-]#[N+]c1ccc2c(c1)c1ccccc1n2-c1ccc2c(c1)CS(=O)(=O)Cc1ccc(-c3ccc4oc5ccccc5c4c3)cc1-2.[C-]#[N+]c1ccc2c(c1)c1ccccc1n2-c1ccc2c(c1)CS(=O)(=O)Cc1ccc(-c3cccc4oc5ccccc5c34)cc1-2. The summed E-state index contributed by atoms with van der Waals surface area (Å²) >= 11 is 0. The molecule has 3 aliphatic rings. The standard InChI is InChI=1S/3C39H24N2O3S/c1-40-27-15-18-36-34(21-27)31-7-2-4-10-35(31)41(36)28-16-17-29-26(19-28)23-45(42,43)22-25-14-13-24(20-33(25)29)30-9-6-12-38-39(30)32-8-3-5-11-37(32)44-38;1-40-28-13-16-37-34(21-28)31-6-2-4-8-36(31)41(37)29-14-15-30-27(18-29)23-45(42,43)22-26-11-10-24(19-33(26)30)25-12-17-39-35(20-25)32-7-3-5-9-38(32)44-39;1-40-28-13-17-37-35(21-28)31-6-2-4-8-36(31)41(37)29-14-16-30-27(18-29)23-45(42,43)22-26-11-10-24(19-34(26)30)25-12-15-33-32-7-3-5-9-38(32)44-39(33)20-25/h3*2-21H,22-23H2. The molecule has 18 aromatic carbocycles. The van der Waals surface area contributed by atoms with Gasteiger partial charge in [-0.25, -0.2) is 39.8 Å². The first kappa shape index (κ1) is 80.2. The number of hydrogen-bond donors (Lipinski definition) is 0. The normalized spacial score (nSPS) is 13.9. The minimum Gasteiger partial charge on any atom is -0.456 e. The van der Waals surface area contributed by atoms with Gasteiger partial charge in [0.2, 0.25) is 0 Å². The first-order valence-electron chi connectivity index (χ1n) is 44.3. The highest BCUT2D eigenvalue weighted by Gasteiger charge is 2.31. The van der Waals surface area contributed by atoms with Gasteiger partial charge in [-0.15, -0.1) is 0 Å². The Morgan fingerprint density at radius 2 is 0.526 bits per heavy atom. The number of nitrogens with zero attached hydrogens (tertiary/aromatic N) is 6. The van der Waals surface area contributed by atoms with Crippen molar-refractivity contribution in [3.05, 3.63) is 432 Å². The van der Waals surface area contributed by atoms with Crippen LogP contribution in [0.25, 0.3) is 230 Å². The zero-order chi connectivity index (χ0) is 90.9. The van der Waals surface area contributed by atoms with E-state index in [1.807, 2.05) is 218 Å². The molecule has 642 valence electrons. The van der Waals surface area contributed by atoms with Crippen LogP contribution in [0, 0.1) is 19.7 Å². The van der Waals surface area contributed by atoms with Crippen molar-refractivity contribution in [2.75, 3.05) is 0 Å². The lowest BCUT2D eigenvalue weighted by atomic mass is 9.91. The van der Waals surface area contributed by atoms with Gasteiger partial charge in [0.15, 0.2) is 46.6 Å². The fourth-order valence-electron chi connectivity index (χ4n) is 21.0. The molecule has 0 radical (unpaired) electrons. The molecule has 0 unspecified atom stereocenters. The largest absolute Gasteiger partial charge is 0.456 e. The Morgan fingerprint density at radius 1 is 0.207 bits per heavy atom. The maximum Gasteiger partial charge on any atom is 0.188 e. The molecular formula is C117H72N6O9S3. The highest BCUT2D eigenvalue weighted by Crippen LogP contribution is 2.48. The average molecular weight is 1800 g/mol. The second-order valence-electron chi connectivity index (χ2n) is 35.1. The molecule has 3 aliphatic heterocycles. The van der Waals surface area contributed by atoms with Gasteiger partial charge in [0, 0.05) is 65.5 Å². The number of hydrogen-bond acceptors (Lipinski definition) is 9. The molecule has 6 aromatic heterocycles. The number of sulfone groups is 3. The quantitative estimate of drug-likeness (QED) is 0.147. The molecule has 0 saturated heterocycles. The molecule has 27 rings (SSSR count). The topological polar surface area (TPSA) is 170 Å². The van der Waals surface area contributed by atoms with Gasteiger partial charge in [0.1, 0.15) is 33.5 Å². The van der Waals surface area contributed by atoms with E-state index in [0.717, 1.165) is 248 Å². The second kappa shape index (κ2) is 30.9. The molecule has 0 atom stereocenters. The van der Waals surface area contributed by atoms with Crippen molar-refractivity contribution in [1.82, 2.24) is 13.7 Å². The zero-order valence-corrected chi connectivity index (χ0v) is 74.4. The Hall–Kier alpha value is -16.9. The van der Waals surface area contributed by atoms with Crippen molar-refractivity contribution in [2.24, 2.45) is 0 Å². The molecule has 0 aliphatic carbocycles. The van der Waals surface area contributed by atoms with Crippen molar-refractivity contribution in [1.29, 1.82) is 0 Å². The molecule has 0 bridgehead atoms. The highest BCUT2D eigenvalue weighted by molar-refractivity contribution is 7.90. The number of fused-ring (bicyclic) bond motifs is 27. The Kier molecular flexibility index (Phi) is 18.3. The van der Waals surface area contributed by atoms with Crippen LogP contribution in [0.15, 0.2) is 377 Å². The van der Waals surface area contributed by atoms with Gasteiger partial charge in [-0.2, -0.15) is 0 Å². The number of rotatable bonds is 6. The molecule has 0 fully saturated rings. The molecule has 18 heteroatoms. The van der Waals surface area contributed by atoms with E-state index >= 15 is 0 Å². The smallest absolute Gasteiger partial charge is 0.188 e. The van der Waals surface area contributed by atoms with Crippen LogP contribution in [-0.4, -0.2) is 39.0 Å². The molecule has 135 heavy (non-hydrogen) atoms. The van der Waals surface area contributed by atoms with E-state index < -0.39 is 29.5 Å². The average Bonchev–Trinajstić information content (AvgIpc) is 1.61. The summed E-state index contributed by atoms with van der Waals surface area (Å²) < 4.78 is 106. The first-order valence-corrected chi connectivity index (χ1v) is 49.7. The van der Waals surface area contributed by atoms with E-state index in [1.165, 1.54) is 0 Å². The monoisotopic (exact) mass is 1800 g/mol.